The molecule has 2 aliphatic rings. The zero-order valence-electron chi connectivity index (χ0n) is 14.3. The molecule has 2 heterocycles. The topological polar surface area (TPSA) is 48.9 Å². The van der Waals surface area contributed by atoms with Gasteiger partial charge in [-0.2, -0.15) is 24.9 Å². The zero-order valence-corrected chi connectivity index (χ0v) is 15.1. The molecule has 24 heavy (non-hydrogen) atoms. The summed E-state index contributed by atoms with van der Waals surface area (Å²) in [6, 6.07) is -0.00142. The third kappa shape index (κ3) is 6.00. The molecule has 0 aromatic heterocycles. The summed E-state index contributed by atoms with van der Waals surface area (Å²) in [6.45, 7) is 2.32. The monoisotopic (exact) mass is 368 g/mol. The molecule has 0 amide bonds. The molecule has 0 aromatic carbocycles. The molecule has 5 nitrogen and oxygen atoms in total. The van der Waals surface area contributed by atoms with Gasteiger partial charge in [-0.1, -0.05) is 0 Å². The quantitative estimate of drug-likeness (QED) is 0.571. The number of nitrogens with one attached hydrogen (secondary N) is 2. The highest BCUT2D eigenvalue weighted by Gasteiger charge is 2.35. The molecule has 1 unspecified atom stereocenters. The van der Waals surface area contributed by atoms with Gasteiger partial charge < -0.3 is 15.4 Å². The van der Waals surface area contributed by atoms with Crippen LogP contribution in [0.5, 0.6) is 0 Å². The van der Waals surface area contributed by atoms with Gasteiger partial charge in [0.2, 0.25) is 0 Å². The maximum Gasteiger partial charge on any atom is 0.401 e. The van der Waals surface area contributed by atoms with Crippen molar-refractivity contribution < 1.29 is 17.9 Å². The second-order valence-corrected chi connectivity index (χ2v) is 7.68. The Labute approximate surface area is 145 Å². The lowest BCUT2D eigenvalue weighted by atomic mass is 9.99. The van der Waals surface area contributed by atoms with Gasteiger partial charge in [0.05, 0.1) is 6.54 Å². The number of ether oxygens (including phenoxy) is 1. The average molecular weight is 368 g/mol. The molecule has 0 bridgehead atoms. The van der Waals surface area contributed by atoms with Crippen LogP contribution in [0, 0.1) is 0 Å². The molecule has 140 valence electrons. The largest absolute Gasteiger partial charge is 0.401 e. The van der Waals surface area contributed by atoms with E-state index >= 15 is 0 Å². The number of aliphatic imine (C=N–C) groups is 1. The van der Waals surface area contributed by atoms with E-state index in [2.05, 4.69) is 21.9 Å². The molecule has 0 aromatic rings. The predicted octanol–water partition coefficient (Wildman–Crippen LogP) is 1.70. The molecule has 2 aliphatic heterocycles. The molecule has 2 N–H and O–H groups in total. The molecule has 2 saturated heterocycles. The van der Waals surface area contributed by atoms with Crippen LogP contribution in [0.4, 0.5) is 13.2 Å². The van der Waals surface area contributed by atoms with Crippen LogP contribution in [0.3, 0.4) is 0 Å². The number of alkyl halides is 3. The molecule has 0 saturated carbocycles. The van der Waals surface area contributed by atoms with E-state index in [0.717, 1.165) is 32.6 Å². The van der Waals surface area contributed by atoms with Crippen molar-refractivity contribution in [2.75, 3.05) is 52.7 Å². The van der Waals surface area contributed by atoms with E-state index in [1.54, 1.807) is 7.05 Å². The van der Waals surface area contributed by atoms with Gasteiger partial charge in [0.25, 0.3) is 0 Å². The van der Waals surface area contributed by atoms with Crippen LogP contribution in [0.25, 0.3) is 0 Å². The Morgan fingerprint density at radius 1 is 1.38 bits per heavy atom. The smallest absolute Gasteiger partial charge is 0.381 e. The first-order valence-corrected chi connectivity index (χ1v) is 9.47. The predicted molar refractivity (Wildman–Crippen MR) is 91.7 cm³/mol. The molecular weight excluding hydrogens is 341 g/mol. The molecular formula is C15H27F3N4OS. The molecule has 2 fully saturated rings. The maximum atomic E-state index is 12.5. The fourth-order valence-electron chi connectivity index (χ4n) is 3.18. The minimum absolute atomic E-state index is 0.00142. The van der Waals surface area contributed by atoms with Crippen LogP contribution in [-0.2, 0) is 4.74 Å². The number of hydrogen-bond acceptors (Lipinski definition) is 4. The van der Waals surface area contributed by atoms with Crippen LogP contribution in [0.1, 0.15) is 19.3 Å². The fraction of sp³-hybridized carbons (Fsp3) is 0.933. The third-order valence-electron chi connectivity index (χ3n) is 4.65. The second-order valence-electron chi connectivity index (χ2n) is 6.41. The van der Waals surface area contributed by atoms with Crippen LogP contribution in [0.2, 0.25) is 0 Å². The zero-order chi connectivity index (χ0) is 17.6. The van der Waals surface area contributed by atoms with Crippen molar-refractivity contribution in [1.29, 1.82) is 0 Å². The van der Waals surface area contributed by atoms with E-state index in [0.29, 0.717) is 25.5 Å². The maximum absolute atomic E-state index is 12.5. The van der Waals surface area contributed by atoms with Crippen molar-refractivity contribution >= 4 is 17.7 Å². The third-order valence-corrected chi connectivity index (χ3v) is 6.07. The Kier molecular flexibility index (Phi) is 7.06. The number of nitrogens with zero attached hydrogens (tertiary/aromatic N) is 2. The molecule has 0 spiro atoms. The van der Waals surface area contributed by atoms with Crippen molar-refractivity contribution in [3.63, 3.8) is 0 Å². The van der Waals surface area contributed by atoms with Crippen LogP contribution in [0.15, 0.2) is 4.99 Å². The van der Waals surface area contributed by atoms with Crippen LogP contribution >= 0.6 is 11.8 Å². The summed E-state index contributed by atoms with van der Waals surface area (Å²) < 4.78 is 42.9. The number of guanidine groups is 1. The van der Waals surface area contributed by atoms with Gasteiger partial charge in [0.1, 0.15) is 0 Å². The summed E-state index contributed by atoms with van der Waals surface area (Å²) in [5.41, 5.74) is 0. The van der Waals surface area contributed by atoms with Crippen molar-refractivity contribution in [3.05, 3.63) is 0 Å². The highest BCUT2D eigenvalue weighted by molar-refractivity contribution is 8.00. The van der Waals surface area contributed by atoms with E-state index in [1.807, 2.05) is 11.8 Å². The Bertz CT molecular complexity index is 427. The average Bonchev–Trinajstić information content (AvgIpc) is 2.97. The summed E-state index contributed by atoms with van der Waals surface area (Å²) >= 11 is 1.84. The minimum atomic E-state index is -4.14. The van der Waals surface area contributed by atoms with E-state index in [9.17, 15) is 13.2 Å². The lowest BCUT2D eigenvalue weighted by Gasteiger charge is -2.36. The standard InChI is InChI=1S/C15H27F3N4OS/c1-19-13(20-10-14(24-2)4-7-23-8-5-14)21-12-3-6-22(9-12)11-15(16,17)18/h12H,3-11H2,1-2H3,(H2,19,20,21). The number of likely N-dealkylation sites (tertiary alicyclic amines) is 1. The van der Waals surface area contributed by atoms with Gasteiger partial charge in [0.15, 0.2) is 5.96 Å². The summed E-state index contributed by atoms with van der Waals surface area (Å²) in [7, 11) is 1.69. The molecule has 0 radical (unpaired) electrons. The van der Waals surface area contributed by atoms with Crippen molar-refractivity contribution in [2.24, 2.45) is 4.99 Å². The summed E-state index contributed by atoms with van der Waals surface area (Å²) in [4.78, 5) is 5.65. The minimum Gasteiger partial charge on any atom is -0.381 e. The highest BCUT2D eigenvalue weighted by atomic mass is 32.2. The molecule has 9 heteroatoms. The SMILES string of the molecule is CN=C(NCC1(SC)CCOCC1)NC1CCN(CC(F)(F)F)C1. The summed E-state index contributed by atoms with van der Waals surface area (Å²) in [5, 5.41) is 6.59. The second kappa shape index (κ2) is 8.62. The van der Waals surface area contributed by atoms with Crippen molar-refractivity contribution in [3.8, 4) is 0 Å². The van der Waals surface area contributed by atoms with Crippen molar-refractivity contribution in [1.82, 2.24) is 15.5 Å². The Morgan fingerprint density at radius 2 is 2.08 bits per heavy atom. The molecule has 0 aliphatic carbocycles. The normalized spacial score (nSPS) is 25.7. The van der Waals surface area contributed by atoms with Gasteiger partial charge in [-0.15, -0.1) is 0 Å². The number of thioether (sulfide) groups is 1. The van der Waals surface area contributed by atoms with Gasteiger partial charge in [-0.3, -0.25) is 9.89 Å². The number of halogens is 3. The first kappa shape index (κ1) is 19.7. The molecule has 1 atom stereocenters. The number of hydrogen-bond donors (Lipinski definition) is 2. The van der Waals surface area contributed by atoms with E-state index in [4.69, 9.17) is 4.74 Å². The Hall–Kier alpha value is -0.670. The van der Waals surface area contributed by atoms with Gasteiger partial charge in [0, 0.05) is 50.7 Å². The Morgan fingerprint density at radius 3 is 2.67 bits per heavy atom. The van der Waals surface area contributed by atoms with Crippen LogP contribution in [-0.4, -0.2) is 80.5 Å². The first-order valence-electron chi connectivity index (χ1n) is 8.25. The first-order chi connectivity index (χ1) is 11.4. The van der Waals surface area contributed by atoms with E-state index < -0.39 is 12.7 Å². The van der Waals surface area contributed by atoms with Gasteiger partial charge >= 0.3 is 6.18 Å². The van der Waals surface area contributed by atoms with Crippen molar-refractivity contribution in [2.45, 2.75) is 36.2 Å². The van der Waals surface area contributed by atoms with Crippen LogP contribution < -0.4 is 10.6 Å². The van der Waals surface area contributed by atoms with E-state index in [1.165, 1.54) is 4.90 Å². The summed E-state index contributed by atoms with van der Waals surface area (Å²) in [6.07, 6.45) is 0.637. The van der Waals surface area contributed by atoms with Gasteiger partial charge in [-0.25, -0.2) is 0 Å². The lowest BCUT2D eigenvalue weighted by Crippen LogP contribution is -2.50. The molecule has 2 rings (SSSR count). The fourth-order valence-corrected chi connectivity index (χ4v) is 3.97. The number of rotatable bonds is 5. The highest BCUT2D eigenvalue weighted by Crippen LogP contribution is 2.32. The van der Waals surface area contributed by atoms with Gasteiger partial charge in [-0.05, 0) is 25.5 Å². The lowest BCUT2D eigenvalue weighted by molar-refractivity contribution is -0.143. The Balaban J connectivity index is 1.78. The van der Waals surface area contributed by atoms with E-state index in [-0.39, 0.29) is 10.8 Å². The summed E-state index contributed by atoms with van der Waals surface area (Å²) in [5.74, 6) is 0.661.